The summed E-state index contributed by atoms with van der Waals surface area (Å²) in [6.07, 6.45) is 3.89. The molecule has 1 aromatic rings. The number of ketones is 1. The average Bonchev–Trinajstić information content (AvgIpc) is 2.47. The van der Waals surface area contributed by atoms with Crippen LogP contribution in [0.4, 0.5) is 0 Å². The Morgan fingerprint density at radius 1 is 1.33 bits per heavy atom. The van der Waals surface area contributed by atoms with Crippen LogP contribution in [-0.4, -0.2) is 37.9 Å². The molecule has 116 valence electrons. The van der Waals surface area contributed by atoms with E-state index >= 15 is 0 Å². The topological polar surface area (TPSA) is 54.5 Å². The minimum atomic E-state index is -3.12. The van der Waals surface area contributed by atoms with Gasteiger partial charge in [0, 0.05) is 24.6 Å². The van der Waals surface area contributed by atoms with Crippen molar-refractivity contribution in [3.8, 4) is 0 Å². The van der Waals surface area contributed by atoms with E-state index in [0.717, 1.165) is 24.8 Å². The van der Waals surface area contributed by atoms with E-state index in [0.29, 0.717) is 13.1 Å². The highest BCUT2D eigenvalue weighted by Crippen LogP contribution is 2.26. The molecule has 4 nitrogen and oxygen atoms in total. The summed E-state index contributed by atoms with van der Waals surface area (Å²) < 4.78 is 24.8. The highest BCUT2D eigenvalue weighted by atomic mass is 32.2. The van der Waals surface area contributed by atoms with E-state index in [9.17, 15) is 13.2 Å². The van der Waals surface area contributed by atoms with E-state index in [4.69, 9.17) is 0 Å². The van der Waals surface area contributed by atoms with Crippen LogP contribution < -0.4 is 0 Å². The third kappa shape index (κ3) is 4.38. The zero-order valence-electron chi connectivity index (χ0n) is 12.7. The lowest BCUT2D eigenvalue weighted by atomic mass is 9.86. The van der Waals surface area contributed by atoms with Crippen molar-refractivity contribution in [3.05, 3.63) is 35.9 Å². The van der Waals surface area contributed by atoms with Gasteiger partial charge in [0.15, 0.2) is 5.78 Å². The average molecular weight is 309 g/mol. The van der Waals surface area contributed by atoms with Crippen LogP contribution in [0.2, 0.25) is 0 Å². The molecule has 0 bridgehead atoms. The van der Waals surface area contributed by atoms with E-state index in [1.165, 1.54) is 6.26 Å². The summed E-state index contributed by atoms with van der Waals surface area (Å²) in [5, 5.41) is 0. The maximum Gasteiger partial charge on any atom is 0.211 e. The summed E-state index contributed by atoms with van der Waals surface area (Å²) in [4.78, 5) is 12.4. The Labute approximate surface area is 127 Å². The van der Waals surface area contributed by atoms with Crippen molar-refractivity contribution in [2.45, 2.75) is 26.2 Å². The second-order valence-electron chi connectivity index (χ2n) is 6.00. The fourth-order valence-electron chi connectivity index (χ4n) is 3.01. The van der Waals surface area contributed by atoms with E-state index in [2.05, 4.69) is 0 Å². The van der Waals surface area contributed by atoms with Gasteiger partial charge < -0.3 is 0 Å². The zero-order chi connectivity index (χ0) is 15.5. The molecular formula is C16H23NO3S. The Kier molecular flexibility index (Phi) is 5.17. The van der Waals surface area contributed by atoms with Crippen molar-refractivity contribution in [2.75, 3.05) is 19.3 Å². The first-order chi connectivity index (χ1) is 9.88. The molecule has 0 spiro atoms. The molecule has 0 radical (unpaired) electrons. The summed E-state index contributed by atoms with van der Waals surface area (Å²) in [5.74, 6) is 0.347. The van der Waals surface area contributed by atoms with Crippen LogP contribution in [0, 0.1) is 11.8 Å². The Hall–Kier alpha value is -1.20. The standard InChI is InChI=1S/C16H23NO3S/c1-13(16(18)15-8-4-3-5-9-15)11-14-7-6-10-17(12-14)21(2,19)20/h3-5,8-9,13-14H,6-7,10-12H2,1-2H3. The van der Waals surface area contributed by atoms with Crippen LogP contribution >= 0.6 is 0 Å². The fraction of sp³-hybridized carbons (Fsp3) is 0.562. The smallest absolute Gasteiger partial charge is 0.211 e. The van der Waals surface area contributed by atoms with Gasteiger partial charge in [-0.3, -0.25) is 4.79 Å². The Bertz CT molecular complexity index is 583. The lowest BCUT2D eigenvalue weighted by molar-refractivity contribution is 0.0901. The largest absolute Gasteiger partial charge is 0.294 e. The van der Waals surface area contributed by atoms with Gasteiger partial charge in [0.25, 0.3) is 0 Å². The lowest BCUT2D eigenvalue weighted by Gasteiger charge is -2.32. The van der Waals surface area contributed by atoms with E-state index in [1.807, 2.05) is 37.3 Å². The number of hydrogen-bond acceptors (Lipinski definition) is 3. The molecule has 1 aliphatic heterocycles. The summed E-state index contributed by atoms with van der Waals surface area (Å²) in [6, 6.07) is 9.30. The highest BCUT2D eigenvalue weighted by Gasteiger charge is 2.28. The molecule has 2 unspecified atom stereocenters. The second-order valence-corrected chi connectivity index (χ2v) is 7.98. The Morgan fingerprint density at radius 3 is 2.62 bits per heavy atom. The normalized spacial score (nSPS) is 21.9. The fourth-order valence-corrected chi connectivity index (χ4v) is 3.96. The van der Waals surface area contributed by atoms with Crippen LogP contribution in [-0.2, 0) is 10.0 Å². The van der Waals surface area contributed by atoms with Gasteiger partial charge in [-0.2, -0.15) is 0 Å². The van der Waals surface area contributed by atoms with Crippen LogP contribution in [0.5, 0.6) is 0 Å². The van der Waals surface area contributed by atoms with Crippen molar-refractivity contribution in [1.29, 1.82) is 0 Å². The first-order valence-corrected chi connectivity index (χ1v) is 9.27. The minimum absolute atomic E-state index is 0.0723. The number of benzene rings is 1. The lowest BCUT2D eigenvalue weighted by Crippen LogP contribution is -2.40. The monoisotopic (exact) mass is 309 g/mol. The van der Waals surface area contributed by atoms with Gasteiger partial charge in [0.1, 0.15) is 0 Å². The predicted octanol–water partition coefficient (Wildman–Crippen LogP) is 2.57. The number of sulfonamides is 1. The van der Waals surface area contributed by atoms with Crippen molar-refractivity contribution in [1.82, 2.24) is 4.31 Å². The molecule has 1 heterocycles. The van der Waals surface area contributed by atoms with Crippen molar-refractivity contribution >= 4 is 15.8 Å². The Morgan fingerprint density at radius 2 is 2.00 bits per heavy atom. The molecule has 1 fully saturated rings. The molecule has 0 aromatic heterocycles. The Balaban J connectivity index is 1.96. The molecule has 1 aromatic carbocycles. The number of hydrogen-bond donors (Lipinski definition) is 0. The predicted molar refractivity (Wildman–Crippen MR) is 83.7 cm³/mol. The van der Waals surface area contributed by atoms with Gasteiger partial charge in [-0.15, -0.1) is 0 Å². The summed E-state index contributed by atoms with van der Waals surface area (Å²) in [6.45, 7) is 3.09. The first kappa shape index (κ1) is 16.2. The molecule has 0 amide bonds. The second kappa shape index (κ2) is 6.71. The van der Waals surface area contributed by atoms with Gasteiger partial charge in [-0.05, 0) is 25.2 Å². The number of carbonyl (C=O) groups is 1. The number of carbonyl (C=O) groups excluding carboxylic acids is 1. The number of piperidine rings is 1. The molecule has 1 aliphatic rings. The highest BCUT2D eigenvalue weighted by molar-refractivity contribution is 7.88. The first-order valence-electron chi connectivity index (χ1n) is 7.42. The molecule has 0 N–H and O–H groups in total. The molecule has 1 saturated heterocycles. The van der Waals surface area contributed by atoms with Crippen LogP contribution in [0.15, 0.2) is 30.3 Å². The van der Waals surface area contributed by atoms with E-state index in [-0.39, 0.29) is 17.6 Å². The SMILES string of the molecule is CC(CC1CCCN(S(C)(=O)=O)C1)C(=O)c1ccccc1. The summed E-state index contributed by atoms with van der Waals surface area (Å²) in [7, 11) is -3.12. The van der Waals surface area contributed by atoms with E-state index < -0.39 is 10.0 Å². The van der Waals surface area contributed by atoms with Crippen LogP contribution in [0.1, 0.15) is 36.5 Å². The van der Waals surface area contributed by atoms with Gasteiger partial charge in [-0.1, -0.05) is 37.3 Å². The molecular weight excluding hydrogens is 286 g/mol. The van der Waals surface area contributed by atoms with Gasteiger partial charge in [-0.25, -0.2) is 12.7 Å². The zero-order valence-corrected chi connectivity index (χ0v) is 13.5. The number of nitrogens with zero attached hydrogens (tertiary/aromatic N) is 1. The molecule has 2 rings (SSSR count). The third-order valence-electron chi connectivity index (χ3n) is 4.14. The van der Waals surface area contributed by atoms with Gasteiger partial charge in [0.05, 0.1) is 6.26 Å². The minimum Gasteiger partial charge on any atom is -0.294 e. The summed E-state index contributed by atoms with van der Waals surface area (Å²) >= 11 is 0. The van der Waals surface area contributed by atoms with Crippen LogP contribution in [0.25, 0.3) is 0 Å². The maximum absolute atomic E-state index is 12.4. The van der Waals surface area contributed by atoms with Crippen molar-refractivity contribution < 1.29 is 13.2 Å². The van der Waals surface area contributed by atoms with Crippen molar-refractivity contribution in [2.24, 2.45) is 11.8 Å². The number of rotatable bonds is 5. The quantitative estimate of drug-likeness (QED) is 0.786. The maximum atomic E-state index is 12.4. The summed E-state index contributed by atoms with van der Waals surface area (Å²) in [5.41, 5.74) is 0.737. The molecule has 5 heteroatoms. The molecule has 0 saturated carbocycles. The molecule has 2 atom stereocenters. The van der Waals surface area contributed by atoms with Gasteiger partial charge in [0.2, 0.25) is 10.0 Å². The van der Waals surface area contributed by atoms with Gasteiger partial charge >= 0.3 is 0 Å². The van der Waals surface area contributed by atoms with Crippen LogP contribution in [0.3, 0.4) is 0 Å². The third-order valence-corrected chi connectivity index (χ3v) is 5.41. The molecule has 0 aliphatic carbocycles. The van der Waals surface area contributed by atoms with E-state index in [1.54, 1.807) is 4.31 Å². The molecule has 21 heavy (non-hydrogen) atoms. The van der Waals surface area contributed by atoms with Crippen molar-refractivity contribution in [3.63, 3.8) is 0 Å². The number of Topliss-reactive ketones (excluding diaryl/α,β-unsaturated/α-hetero) is 1.